The number of hydrogen-bond donors (Lipinski definition) is 1. The summed E-state index contributed by atoms with van der Waals surface area (Å²) < 4.78 is 0. The second-order valence-electron chi connectivity index (χ2n) is 4.73. The van der Waals surface area contributed by atoms with E-state index in [4.69, 9.17) is 0 Å². The molecular weight excluding hydrogens is 244 g/mol. The van der Waals surface area contributed by atoms with Gasteiger partial charge in [-0.25, -0.2) is 0 Å². The van der Waals surface area contributed by atoms with E-state index >= 15 is 0 Å². The molecule has 98 valence electrons. The molecule has 0 aliphatic rings. The Morgan fingerprint density at radius 3 is 2.50 bits per heavy atom. The molecule has 20 heavy (non-hydrogen) atoms. The van der Waals surface area contributed by atoms with Crippen LogP contribution >= 0.6 is 0 Å². The molecule has 0 bridgehead atoms. The Kier molecular flexibility index (Phi) is 3.46. The Balaban J connectivity index is 1.98. The maximum Gasteiger partial charge on any atom is 0.0929 e. The second-order valence-corrected chi connectivity index (χ2v) is 4.73. The van der Waals surface area contributed by atoms with Crippen molar-refractivity contribution in [1.82, 2.24) is 10.2 Å². The van der Waals surface area contributed by atoms with Gasteiger partial charge >= 0.3 is 0 Å². The quantitative estimate of drug-likeness (QED) is 0.744. The lowest BCUT2D eigenvalue weighted by molar-refractivity contribution is 1.08. The van der Waals surface area contributed by atoms with Crippen LogP contribution in [0, 0.1) is 0 Å². The lowest BCUT2D eigenvalue weighted by atomic mass is 9.98. The predicted octanol–water partition coefficient (Wildman–Crippen LogP) is 4.31. The van der Waals surface area contributed by atoms with Crippen LogP contribution in [0.25, 0.3) is 17.3 Å². The van der Waals surface area contributed by atoms with Crippen LogP contribution in [0.2, 0.25) is 0 Å². The minimum Gasteiger partial charge on any atom is -0.278 e. The number of benzene rings is 2. The molecule has 0 spiro atoms. The van der Waals surface area contributed by atoms with Gasteiger partial charge in [0.1, 0.15) is 0 Å². The first-order valence-electron chi connectivity index (χ1n) is 6.67. The van der Waals surface area contributed by atoms with Crippen LogP contribution in [0.4, 0.5) is 0 Å². The highest BCUT2D eigenvalue weighted by atomic mass is 15.1. The molecule has 0 radical (unpaired) electrons. The van der Waals surface area contributed by atoms with Gasteiger partial charge in [0.05, 0.1) is 11.4 Å². The molecule has 0 aliphatic heterocycles. The van der Waals surface area contributed by atoms with Crippen molar-refractivity contribution in [3.05, 3.63) is 84.1 Å². The number of hydrogen-bond acceptors (Lipinski definition) is 1. The number of aromatic nitrogens is 2. The van der Waals surface area contributed by atoms with Crippen LogP contribution in [0.3, 0.4) is 0 Å². The van der Waals surface area contributed by atoms with E-state index in [1.54, 1.807) is 6.08 Å². The van der Waals surface area contributed by atoms with Crippen LogP contribution < -0.4 is 0 Å². The van der Waals surface area contributed by atoms with Gasteiger partial charge in [0, 0.05) is 5.56 Å². The molecule has 0 amide bonds. The largest absolute Gasteiger partial charge is 0.278 e. The molecule has 1 aromatic heterocycles. The third-order valence-electron chi connectivity index (χ3n) is 3.35. The van der Waals surface area contributed by atoms with Crippen LogP contribution in [0.5, 0.6) is 0 Å². The van der Waals surface area contributed by atoms with Gasteiger partial charge in [0.15, 0.2) is 0 Å². The fourth-order valence-electron chi connectivity index (χ4n) is 2.32. The van der Waals surface area contributed by atoms with Crippen molar-refractivity contribution in [2.75, 3.05) is 0 Å². The van der Waals surface area contributed by atoms with Crippen molar-refractivity contribution in [3.63, 3.8) is 0 Å². The average Bonchev–Trinajstić information content (AvgIpc) is 2.98. The minimum absolute atomic E-state index is 0.910. The average molecular weight is 260 g/mol. The van der Waals surface area contributed by atoms with E-state index in [-0.39, 0.29) is 0 Å². The Morgan fingerprint density at radius 1 is 1.00 bits per heavy atom. The summed E-state index contributed by atoms with van der Waals surface area (Å²) in [6.45, 7) is 3.76. The van der Waals surface area contributed by atoms with Gasteiger partial charge in [-0.05, 0) is 29.7 Å². The predicted molar refractivity (Wildman–Crippen MR) is 83.4 cm³/mol. The molecule has 0 atom stereocenters. The molecular formula is C18H16N2. The Labute approximate surface area is 118 Å². The number of rotatable bonds is 4. The molecule has 0 unspecified atom stereocenters. The molecule has 0 aliphatic carbocycles. The maximum atomic E-state index is 4.36. The monoisotopic (exact) mass is 260 g/mol. The van der Waals surface area contributed by atoms with Gasteiger partial charge in [-0.15, -0.1) is 0 Å². The summed E-state index contributed by atoms with van der Waals surface area (Å²) in [7, 11) is 0. The lowest BCUT2D eigenvalue weighted by Gasteiger charge is -2.07. The smallest absolute Gasteiger partial charge is 0.0929 e. The van der Waals surface area contributed by atoms with Gasteiger partial charge < -0.3 is 0 Å². The SMILES string of the molecule is C=Cc1cc(-c2ccccc2Cc2ccccc2)n[nH]1. The first kappa shape index (κ1) is 12.4. The Hall–Kier alpha value is -2.61. The van der Waals surface area contributed by atoms with E-state index in [0.29, 0.717) is 0 Å². The Bertz CT molecular complexity index is 711. The lowest BCUT2D eigenvalue weighted by Crippen LogP contribution is -1.92. The maximum absolute atomic E-state index is 4.36. The number of H-pyrrole nitrogens is 1. The van der Waals surface area contributed by atoms with Crippen LogP contribution in [0.1, 0.15) is 16.8 Å². The summed E-state index contributed by atoms with van der Waals surface area (Å²) in [4.78, 5) is 0. The zero-order chi connectivity index (χ0) is 13.8. The van der Waals surface area contributed by atoms with Crippen molar-refractivity contribution in [2.24, 2.45) is 0 Å². The molecule has 3 rings (SSSR count). The summed E-state index contributed by atoms with van der Waals surface area (Å²) in [6, 6.07) is 20.9. The number of nitrogens with zero attached hydrogens (tertiary/aromatic N) is 1. The molecule has 1 N–H and O–H groups in total. The third kappa shape index (κ3) is 2.54. The van der Waals surface area contributed by atoms with Crippen molar-refractivity contribution < 1.29 is 0 Å². The summed E-state index contributed by atoms with van der Waals surface area (Å²) in [5.41, 5.74) is 5.65. The minimum atomic E-state index is 0.910. The van der Waals surface area contributed by atoms with Crippen molar-refractivity contribution >= 4 is 6.08 Å². The van der Waals surface area contributed by atoms with E-state index in [0.717, 1.165) is 17.8 Å². The molecule has 0 saturated carbocycles. The number of aromatic amines is 1. The molecule has 0 saturated heterocycles. The Morgan fingerprint density at radius 2 is 1.75 bits per heavy atom. The van der Waals surface area contributed by atoms with Crippen LogP contribution in [-0.4, -0.2) is 10.2 Å². The van der Waals surface area contributed by atoms with Crippen LogP contribution in [-0.2, 0) is 6.42 Å². The molecule has 2 aromatic carbocycles. The van der Waals surface area contributed by atoms with E-state index < -0.39 is 0 Å². The van der Waals surface area contributed by atoms with E-state index in [1.807, 2.05) is 18.2 Å². The third-order valence-corrected chi connectivity index (χ3v) is 3.35. The molecule has 2 heteroatoms. The summed E-state index contributed by atoms with van der Waals surface area (Å²) in [5, 5.41) is 7.34. The van der Waals surface area contributed by atoms with Gasteiger partial charge in [-0.3, -0.25) is 5.10 Å². The van der Waals surface area contributed by atoms with Crippen molar-refractivity contribution in [3.8, 4) is 11.3 Å². The highest BCUT2D eigenvalue weighted by molar-refractivity contribution is 5.66. The fraction of sp³-hybridized carbons (Fsp3) is 0.0556. The number of nitrogens with one attached hydrogen (secondary N) is 1. The summed E-state index contributed by atoms with van der Waals surface area (Å²) in [5.74, 6) is 0. The van der Waals surface area contributed by atoms with Gasteiger partial charge in [-0.1, -0.05) is 61.2 Å². The second kappa shape index (κ2) is 5.57. The van der Waals surface area contributed by atoms with Crippen LogP contribution in [0.15, 0.2) is 67.2 Å². The van der Waals surface area contributed by atoms with Crippen molar-refractivity contribution in [1.29, 1.82) is 0 Å². The van der Waals surface area contributed by atoms with Gasteiger partial charge in [0.2, 0.25) is 0 Å². The zero-order valence-electron chi connectivity index (χ0n) is 11.2. The van der Waals surface area contributed by atoms with E-state index in [1.165, 1.54) is 16.7 Å². The van der Waals surface area contributed by atoms with E-state index in [9.17, 15) is 0 Å². The van der Waals surface area contributed by atoms with Gasteiger partial charge in [-0.2, -0.15) is 5.10 Å². The first-order chi connectivity index (χ1) is 9.86. The topological polar surface area (TPSA) is 28.7 Å². The molecule has 1 heterocycles. The zero-order valence-corrected chi connectivity index (χ0v) is 11.2. The van der Waals surface area contributed by atoms with Gasteiger partial charge in [0.25, 0.3) is 0 Å². The normalized spacial score (nSPS) is 10.4. The molecule has 2 nitrogen and oxygen atoms in total. The highest BCUT2D eigenvalue weighted by Gasteiger charge is 2.08. The molecule has 0 fully saturated rings. The molecule has 3 aromatic rings. The standard InChI is InChI=1S/C18H16N2/c1-2-16-13-18(20-19-16)17-11-7-6-10-15(17)12-14-8-4-3-5-9-14/h2-11,13H,1,12H2,(H,19,20). The fourth-order valence-corrected chi connectivity index (χ4v) is 2.32. The summed E-state index contributed by atoms with van der Waals surface area (Å²) in [6.07, 6.45) is 2.68. The first-order valence-corrected chi connectivity index (χ1v) is 6.67. The van der Waals surface area contributed by atoms with Crippen molar-refractivity contribution in [2.45, 2.75) is 6.42 Å². The summed E-state index contributed by atoms with van der Waals surface area (Å²) >= 11 is 0. The van der Waals surface area contributed by atoms with E-state index in [2.05, 4.69) is 59.2 Å². The highest BCUT2D eigenvalue weighted by Crippen LogP contribution is 2.24.